The van der Waals surface area contributed by atoms with Crippen LogP contribution in [0, 0.1) is 0 Å². The molecule has 18 heavy (non-hydrogen) atoms. The van der Waals surface area contributed by atoms with Crippen LogP contribution in [0.15, 0.2) is 36.4 Å². The molecule has 2 N–H and O–H groups in total. The van der Waals surface area contributed by atoms with Gasteiger partial charge in [-0.3, -0.25) is 0 Å². The van der Waals surface area contributed by atoms with Gasteiger partial charge in [-0.15, -0.1) is 0 Å². The molecule has 2 heterocycles. The fourth-order valence-electron chi connectivity index (χ4n) is 2.03. The van der Waals surface area contributed by atoms with Gasteiger partial charge in [0.25, 0.3) is 0 Å². The molecule has 90 valence electrons. The molecular formula is C13H11ClN4. The van der Waals surface area contributed by atoms with Gasteiger partial charge in [0, 0.05) is 7.05 Å². The third kappa shape index (κ3) is 1.62. The Labute approximate surface area is 109 Å². The molecule has 0 saturated carbocycles. The molecular weight excluding hydrogens is 248 g/mol. The van der Waals surface area contributed by atoms with Crippen LogP contribution in [0.4, 0.5) is 5.82 Å². The van der Waals surface area contributed by atoms with Gasteiger partial charge in [0.15, 0.2) is 5.82 Å². The third-order valence-electron chi connectivity index (χ3n) is 2.84. The zero-order valence-corrected chi connectivity index (χ0v) is 10.5. The second kappa shape index (κ2) is 3.99. The van der Waals surface area contributed by atoms with E-state index in [4.69, 9.17) is 17.3 Å². The molecule has 0 amide bonds. The lowest BCUT2D eigenvalue weighted by molar-refractivity contribution is 0.951. The quantitative estimate of drug-likeness (QED) is 0.730. The molecule has 0 unspecified atom stereocenters. The van der Waals surface area contributed by atoms with Crippen LogP contribution in [-0.2, 0) is 7.05 Å². The van der Waals surface area contributed by atoms with Crippen molar-refractivity contribution in [3.63, 3.8) is 0 Å². The van der Waals surface area contributed by atoms with Crippen LogP contribution in [0.2, 0.25) is 5.02 Å². The van der Waals surface area contributed by atoms with E-state index in [2.05, 4.69) is 9.97 Å². The average molecular weight is 259 g/mol. The number of aromatic nitrogens is 3. The van der Waals surface area contributed by atoms with E-state index in [1.54, 1.807) is 6.07 Å². The first-order valence-corrected chi connectivity index (χ1v) is 5.88. The molecule has 0 fully saturated rings. The van der Waals surface area contributed by atoms with Crippen LogP contribution in [0.25, 0.3) is 22.6 Å². The van der Waals surface area contributed by atoms with Gasteiger partial charge in [-0.25, -0.2) is 9.97 Å². The highest BCUT2D eigenvalue weighted by Gasteiger charge is 2.12. The van der Waals surface area contributed by atoms with Crippen molar-refractivity contribution in [3.05, 3.63) is 41.4 Å². The number of fused-ring (bicyclic) bond motifs is 1. The summed E-state index contributed by atoms with van der Waals surface area (Å²) in [5.74, 6) is 1.23. The average Bonchev–Trinajstić information content (AvgIpc) is 2.68. The van der Waals surface area contributed by atoms with Crippen LogP contribution in [-0.4, -0.2) is 14.5 Å². The molecule has 0 aliphatic rings. The number of pyridine rings is 1. The Kier molecular flexibility index (Phi) is 2.45. The zero-order chi connectivity index (χ0) is 12.7. The lowest BCUT2D eigenvalue weighted by Crippen LogP contribution is -1.97. The predicted octanol–water partition coefficient (Wildman–Crippen LogP) is 2.87. The van der Waals surface area contributed by atoms with E-state index in [1.165, 1.54) is 0 Å². The number of halogens is 1. The summed E-state index contributed by atoms with van der Waals surface area (Å²) in [5, 5.41) is 0.678. The molecule has 0 bridgehead atoms. The maximum absolute atomic E-state index is 6.19. The fraction of sp³-hybridized carbons (Fsp3) is 0.0769. The molecule has 0 spiro atoms. The Morgan fingerprint density at radius 1 is 1.11 bits per heavy atom. The zero-order valence-electron chi connectivity index (χ0n) is 9.76. The number of rotatable bonds is 1. The van der Waals surface area contributed by atoms with Crippen molar-refractivity contribution in [1.29, 1.82) is 0 Å². The first-order valence-electron chi connectivity index (χ1n) is 5.50. The number of imidazole rings is 1. The van der Waals surface area contributed by atoms with Crippen molar-refractivity contribution in [1.82, 2.24) is 14.5 Å². The lowest BCUT2D eigenvalue weighted by atomic mass is 10.3. The third-order valence-corrected chi connectivity index (χ3v) is 3.15. The van der Waals surface area contributed by atoms with Gasteiger partial charge in [-0.1, -0.05) is 23.7 Å². The van der Waals surface area contributed by atoms with Gasteiger partial charge in [-0.2, -0.15) is 0 Å². The molecule has 3 aromatic rings. The minimum atomic E-state index is 0.477. The largest absolute Gasteiger partial charge is 0.384 e. The summed E-state index contributed by atoms with van der Waals surface area (Å²) in [7, 11) is 1.92. The van der Waals surface area contributed by atoms with E-state index in [1.807, 2.05) is 41.9 Å². The highest BCUT2D eigenvalue weighted by Crippen LogP contribution is 2.27. The first kappa shape index (κ1) is 11.0. The fourth-order valence-corrected chi connectivity index (χ4v) is 2.32. The molecule has 5 heteroatoms. The van der Waals surface area contributed by atoms with Crippen molar-refractivity contribution in [3.8, 4) is 11.5 Å². The Morgan fingerprint density at radius 3 is 2.61 bits per heavy atom. The highest BCUT2D eigenvalue weighted by molar-refractivity contribution is 6.35. The number of nitrogens with zero attached hydrogens (tertiary/aromatic N) is 3. The molecule has 0 saturated heterocycles. The minimum absolute atomic E-state index is 0.477. The number of nitrogen functional groups attached to an aromatic ring is 1. The Balaban J connectivity index is 2.31. The van der Waals surface area contributed by atoms with Gasteiger partial charge >= 0.3 is 0 Å². The molecule has 0 radical (unpaired) electrons. The molecule has 0 aliphatic heterocycles. The first-order chi connectivity index (χ1) is 8.66. The van der Waals surface area contributed by atoms with Gasteiger partial charge in [0.05, 0.1) is 16.1 Å². The standard InChI is InChI=1S/C13H11ClN4/c1-18-12-8(14)4-2-5-9(12)17-13(18)10-6-3-7-11(15)16-10/h2-7H,1H3,(H2,15,16). The van der Waals surface area contributed by atoms with Crippen molar-refractivity contribution in [2.75, 3.05) is 5.73 Å². The maximum Gasteiger partial charge on any atom is 0.159 e. The van der Waals surface area contributed by atoms with Crippen LogP contribution >= 0.6 is 11.6 Å². The summed E-state index contributed by atoms with van der Waals surface area (Å²) in [6.45, 7) is 0. The topological polar surface area (TPSA) is 56.7 Å². The van der Waals surface area contributed by atoms with E-state index in [9.17, 15) is 0 Å². The molecule has 4 nitrogen and oxygen atoms in total. The predicted molar refractivity (Wildman–Crippen MR) is 73.4 cm³/mol. The number of benzene rings is 1. The smallest absolute Gasteiger partial charge is 0.159 e. The number of aryl methyl sites for hydroxylation is 1. The number of para-hydroxylation sites is 1. The summed E-state index contributed by atoms with van der Waals surface area (Å²) in [6.07, 6.45) is 0. The summed E-state index contributed by atoms with van der Waals surface area (Å²) in [6, 6.07) is 11.1. The van der Waals surface area contributed by atoms with Crippen LogP contribution in [0.1, 0.15) is 0 Å². The van der Waals surface area contributed by atoms with E-state index < -0.39 is 0 Å². The van der Waals surface area contributed by atoms with Crippen molar-refractivity contribution >= 4 is 28.5 Å². The van der Waals surface area contributed by atoms with Crippen molar-refractivity contribution < 1.29 is 0 Å². The second-order valence-electron chi connectivity index (χ2n) is 4.05. The SMILES string of the molecule is Cn1c(-c2cccc(N)n2)nc2cccc(Cl)c21. The summed E-state index contributed by atoms with van der Waals surface area (Å²) >= 11 is 6.19. The Hall–Kier alpha value is -2.07. The van der Waals surface area contributed by atoms with Crippen molar-refractivity contribution in [2.24, 2.45) is 7.05 Å². The normalized spacial score (nSPS) is 11.0. The van der Waals surface area contributed by atoms with E-state index in [-0.39, 0.29) is 0 Å². The van der Waals surface area contributed by atoms with Gasteiger partial charge in [0.1, 0.15) is 11.5 Å². The molecule has 0 aliphatic carbocycles. The maximum atomic E-state index is 6.19. The van der Waals surface area contributed by atoms with E-state index >= 15 is 0 Å². The minimum Gasteiger partial charge on any atom is -0.384 e. The number of hydrogen-bond acceptors (Lipinski definition) is 3. The van der Waals surface area contributed by atoms with Crippen LogP contribution < -0.4 is 5.73 Å². The number of nitrogens with two attached hydrogens (primary N) is 1. The summed E-state index contributed by atoms with van der Waals surface area (Å²) < 4.78 is 1.93. The lowest BCUT2D eigenvalue weighted by Gasteiger charge is -2.03. The summed E-state index contributed by atoms with van der Waals surface area (Å²) in [5.41, 5.74) is 8.19. The highest BCUT2D eigenvalue weighted by atomic mass is 35.5. The van der Waals surface area contributed by atoms with Gasteiger partial charge in [0.2, 0.25) is 0 Å². The summed E-state index contributed by atoms with van der Waals surface area (Å²) in [4.78, 5) is 8.83. The molecule has 0 atom stereocenters. The van der Waals surface area contributed by atoms with Crippen LogP contribution in [0.3, 0.4) is 0 Å². The molecule has 2 aromatic heterocycles. The Bertz CT molecular complexity index is 733. The monoisotopic (exact) mass is 258 g/mol. The van der Waals surface area contributed by atoms with E-state index in [0.717, 1.165) is 22.6 Å². The number of anilines is 1. The number of hydrogen-bond donors (Lipinski definition) is 1. The molecule has 3 rings (SSSR count). The van der Waals surface area contributed by atoms with Gasteiger partial charge in [-0.05, 0) is 24.3 Å². The van der Waals surface area contributed by atoms with E-state index in [0.29, 0.717) is 10.8 Å². The second-order valence-corrected chi connectivity index (χ2v) is 4.46. The van der Waals surface area contributed by atoms with Gasteiger partial charge < -0.3 is 10.3 Å². The molecule has 1 aromatic carbocycles. The van der Waals surface area contributed by atoms with Crippen LogP contribution in [0.5, 0.6) is 0 Å². The van der Waals surface area contributed by atoms with Crippen molar-refractivity contribution in [2.45, 2.75) is 0 Å². The Morgan fingerprint density at radius 2 is 1.89 bits per heavy atom.